The lowest BCUT2D eigenvalue weighted by molar-refractivity contribution is -0.870. The smallest absolute Gasteiger partial charge is 0.456 e. The third kappa shape index (κ3) is 63.7. The van der Waals surface area contributed by atoms with Crippen molar-refractivity contribution < 1.29 is 37.3 Å². The van der Waals surface area contributed by atoms with Gasteiger partial charge in [-0.3, -0.25) is 18.6 Å². The van der Waals surface area contributed by atoms with Crippen molar-refractivity contribution >= 4 is 19.7 Å². The molecule has 0 aromatic carbocycles. The zero-order valence-electron chi connectivity index (χ0n) is 55.9. The number of esters is 1. The predicted molar refractivity (Wildman–Crippen MR) is 364 cm³/mol. The second-order valence-electron chi connectivity index (χ2n) is 25.0. The minimum Gasteiger partial charge on any atom is -0.456 e. The average molecular weight is 1200 g/mol. The first-order valence-electron chi connectivity index (χ1n) is 35.4. The van der Waals surface area contributed by atoms with Crippen molar-refractivity contribution in [3.05, 3.63) is 85.1 Å². The standard InChI is InChI=1S/C74H135N2O7P/c1-7-10-13-16-19-22-25-28-30-32-34-36-37-38-39-41-43-45-47-49-52-55-58-61-64-67-74(78)83-72(65-62-59-56-53-50-27-24-21-18-15-12-9-3)71(70-82-84(79,80)81-69-68-76(4,5)6)75-73(77)66-63-60-57-54-51-48-46-44-42-40-35-33-31-29-26-23-20-17-14-11-8-2/h10,13,19,22,28-31,34,36,38-39,62,65,71-72H,7-9,11-12,14-18,20-21,23-27,32-33,35,37,40-61,63-64,66-70H2,1-6H3,(H-,75,77,79,80)/p+1/b13-10-,22-19-,30-28-,31-29+,36-34-,39-38-,65-62+. The molecule has 0 aromatic heterocycles. The van der Waals surface area contributed by atoms with Crippen molar-refractivity contribution in [3.63, 3.8) is 0 Å². The van der Waals surface area contributed by atoms with E-state index in [0.717, 1.165) is 103 Å². The van der Waals surface area contributed by atoms with E-state index in [-0.39, 0.29) is 31.5 Å². The fraction of sp³-hybridized carbons (Fsp3) is 0.784. The van der Waals surface area contributed by atoms with Gasteiger partial charge in [-0.05, 0) is 102 Å². The molecule has 0 saturated carbocycles. The van der Waals surface area contributed by atoms with Gasteiger partial charge < -0.3 is 19.4 Å². The van der Waals surface area contributed by atoms with Crippen LogP contribution in [0, 0.1) is 0 Å². The first kappa shape index (κ1) is 81.2. The number of amides is 1. The lowest BCUT2D eigenvalue weighted by Crippen LogP contribution is -2.47. The quantitative estimate of drug-likeness (QED) is 0.0205. The number of hydrogen-bond donors (Lipinski definition) is 2. The van der Waals surface area contributed by atoms with Crippen molar-refractivity contribution in [2.45, 2.75) is 335 Å². The lowest BCUT2D eigenvalue weighted by atomic mass is 10.0. The van der Waals surface area contributed by atoms with E-state index in [1.807, 2.05) is 33.3 Å². The molecular weight excluding hydrogens is 1060 g/mol. The molecule has 3 atom stereocenters. The lowest BCUT2D eigenvalue weighted by Gasteiger charge is -2.27. The van der Waals surface area contributed by atoms with Gasteiger partial charge in [0.05, 0.1) is 33.8 Å². The van der Waals surface area contributed by atoms with Gasteiger partial charge in [0, 0.05) is 12.8 Å². The highest BCUT2D eigenvalue weighted by atomic mass is 31.2. The van der Waals surface area contributed by atoms with Crippen LogP contribution in [-0.2, 0) is 27.9 Å². The molecule has 10 heteroatoms. The Morgan fingerprint density at radius 3 is 1.15 bits per heavy atom. The Kier molecular flexibility index (Phi) is 61.1. The number of rotatable bonds is 64. The van der Waals surface area contributed by atoms with Crippen molar-refractivity contribution in [2.24, 2.45) is 0 Å². The van der Waals surface area contributed by atoms with Gasteiger partial charge in [0.1, 0.15) is 19.3 Å². The summed E-state index contributed by atoms with van der Waals surface area (Å²) in [4.78, 5) is 37.9. The van der Waals surface area contributed by atoms with Crippen molar-refractivity contribution in [1.29, 1.82) is 0 Å². The highest BCUT2D eigenvalue weighted by Crippen LogP contribution is 2.43. The van der Waals surface area contributed by atoms with Crippen molar-refractivity contribution in [1.82, 2.24) is 5.32 Å². The van der Waals surface area contributed by atoms with Crippen LogP contribution in [0.4, 0.5) is 0 Å². The number of ether oxygens (including phenoxy) is 1. The summed E-state index contributed by atoms with van der Waals surface area (Å²) >= 11 is 0. The zero-order chi connectivity index (χ0) is 61.4. The number of quaternary nitrogens is 1. The summed E-state index contributed by atoms with van der Waals surface area (Å²) in [5.41, 5.74) is 0. The van der Waals surface area contributed by atoms with Crippen molar-refractivity contribution in [2.75, 3.05) is 40.9 Å². The minimum absolute atomic E-state index is 0.0371. The van der Waals surface area contributed by atoms with Crippen LogP contribution in [-0.4, -0.2) is 74.3 Å². The molecule has 0 heterocycles. The summed E-state index contributed by atoms with van der Waals surface area (Å²) in [6.07, 6.45) is 84.5. The molecule has 9 nitrogen and oxygen atoms in total. The summed E-state index contributed by atoms with van der Waals surface area (Å²) in [6.45, 7) is 6.92. The van der Waals surface area contributed by atoms with Gasteiger partial charge in [0.15, 0.2) is 0 Å². The Balaban J connectivity index is 5.09. The van der Waals surface area contributed by atoms with E-state index >= 15 is 0 Å². The number of carbonyl (C=O) groups excluding carboxylic acids is 2. The van der Waals surface area contributed by atoms with Crippen LogP contribution in [0.3, 0.4) is 0 Å². The topological polar surface area (TPSA) is 111 Å². The fourth-order valence-electron chi connectivity index (χ4n) is 10.1. The molecule has 488 valence electrons. The third-order valence-corrected chi connectivity index (χ3v) is 16.6. The van der Waals surface area contributed by atoms with E-state index in [1.165, 1.54) is 186 Å². The van der Waals surface area contributed by atoms with Gasteiger partial charge in [-0.2, -0.15) is 0 Å². The van der Waals surface area contributed by atoms with Gasteiger partial charge in [-0.1, -0.05) is 292 Å². The highest BCUT2D eigenvalue weighted by Gasteiger charge is 2.30. The second kappa shape index (κ2) is 63.2. The Morgan fingerprint density at radius 1 is 0.429 bits per heavy atom. The number of allylic oxidation sites excluding steroid dienone is 13. The van der Waals surface area contributed by atoms with E-state index in [4.69, 9.17) is 13.8 Å². The maximum Gasteiger partial charge on any atom is 0.472 e. The normalized spacial score (nSPS) is 14.0. The van der Waals surface area contributed by atoms with E-state index in [1.54, 1.807) is 0 Å². The predicted octanol–water partition coefficient (Wildman–Crippen LogP) is 22.5. The van der Waals surface area contributed by atoms with E-state index in [0.29, 0.717) is 17.4 Å². The molecule has 0 fully saturated rings. The Labute approximate surface area is 520 Å². The maximum atomic E-state index is 13.6. The Morgan fingerprint density at radius 2 is 0.762 bits per heavy atom. The van der Waals surface area contributed by atoms with Gasteiger partial charge >= 0.3 is 13.8 Å². The molecule has 0 aromatic rings. The van der Waals surface area contributed by atoms with Crippen LogP contribution in [0.25, 0.3) is 0 Å². The highest BCUT2D eigenvalue weighted by molar-refractivity contribution is 7.47. The first-order valence-corrected chi connectivity index (χ1v) is 36.9. The van der Waals surface area contributed by atoms with Crippen LogP contribution in [0.2, 0.25) is 0 Å². The number of carbonyl (C=O) groups is 2. The maximum absolute atomic E-state index is 13.6. The molecule has 1 amide bonds. The average Bonchev–Trinajstić information content (AvgIpc) is 3.64. The molecule has 2 N–H and O–H groups in total. The van der Waals surface area contributed by atoms with E-state index < -0.39 is 20.0 Å². The Bertz CT molecular complexity index is 1710. The molecule has 0 bridgehead atoms. The summed E-state index contributed by atoms with van der Waals surface area (Å²) in [5, 5.41) is 3.07. The summed E-state index contributed by atoms with van der Waals surface area (Å²) < 4.78 is 30.8. The summed E-state index contributed by atoms with van der Waals surface area (Å²) in [5.74, 6) is -0.506. The fourth-order valence-corrected chi connectivity index (χ4v) is 10.9. The third-order valence-electron chi connectivity index (χ3n) is 15.6. The molecule has 0 aliphatic carbocycles. The number of nitrogens with zero attached hydrogens (tertiary/aromatic N) is 1. The first-order chi connectivity index (χ1) is 40.9. The number of likely N-dealkylation sites (N-methyl/N-ethyl adjacent to an activating group) is 1. The Hall–Kier alpha value is -2.81. The molecule has 0 saturated heterocycles. The molecule has 3 unspecified atom stereocenters. The van der Waals surface area contributed by atoms with Gasteiger partial charge in [0.25, 0.3) is 0 Å². The minimum atomic E-state index is -4.46. The van der Waals surface area contributed by atoms with E-state index in [9.17, 15) is 19.0 Å². The molecule has 0 spiro atoms. The van der Waals surface area contributed by atoms with Gasteiger partial charge in [0.2, 0.25) is 5.91 Å². The number of hydrogen-bond acceptors (Lipinski definition) is 6. The molecule has 0 aliphatic rings. The second-order valence-corrected chi connectivity index (χ2v) is 26.5. The number of nitrogens with one attached hydrogen (secondary N) is 1. The van der Waals surface area contributed by atoms with Crippen LogP contribution in [0.15, 0.2) is 85.1 Å². The molecule has 84 heavy (non-hydrogen) atoms. The molecule has 0 rings (SSSR count). The monoisotopic (exact) mass is 1200 g/mol. The largest absolute Gasteiger partial charge is 0.472 e. The van der Waals surface area contributed by atoms with Crippen LogP contribution in [0.5, 0.6) is 0 Å². The van der Waals surface area contributed by atoms with E-state index in [2.05, 4.69) is 99.0 Å². The van der Waals surface area contributed by atoms with Crippen molar-refractivity contribution in [3.8, 4) is 0 Å². The van der Waals surface area contributed by atoms with Crippen LogP contribution in [0.1, 0.15) is 323 Å². The van der Waals surface area contributed by atoms with Gasteiger partial charge in [-0.25, -0.2) is 4.57 Å². The number of phosphoric acid groups is 1. The number of phosphoric ester groups is 1. The zero-order valence-corrected chi connectivity index (χ0v) is 56.8. The molecular formula is C74H136N2O7P+. The summed E-state index contributed by atoms with van der Waals surface area (Å²) in [6, 6.07) is -0.855. The van der Waals surface area contributed by atoms with Crippen LogP contribution >= 0.6 is 7.82 Å². The number of unbranched alkanes of at least 4 members (excludes halogenated alkanes) is 36. The summed E-state index contributed by atoms with van der Waals surface area (Å²) in [7, 11) is 1.49. The SMILES string of the molecule is CC/C=C\C/C=C\C/C=C\C/C=C\C/C=C\CCCCCCCCCCCC(=O)OC(/C=C/CCCCCCCCCCCC)C(COP(=O)(O)OCC[N+](C)(C)C)NC(=O)CCCCCCCCCCCCC/C=C/CCCCCCCC. The molecule has 0 aliphatic heterocycles. The molecule has 0 radical (unpaired) electrons. The van der Waals surface area contributed by atoms with Gasteiger partial charge in [-0.15, -0.1) is 0 Å². The van der Waals surface area contributed by atoms with Crippen LogP contribution < -0.4 is 5.32 Å².